The lowest BCUT2D eigenvalue weighted by atomic mass is 9.43. The smallest absolute Gasteiger partial charge is 0.309 e. The summed E-state index contributed by atoms with van der Waals surface area (Å²) < 4.78 is 0. The van der Waals surface area contributed by atoms with Crippen LogP contribution in [0.15, 0.2) is 0 Å². The van der Waals surface area contributed by atoms with Crippen molar-refractivity contribution in [2.24, 2.45) is 22.7 Å². The highest BCUT2D eigenvalue weighted by Crippen LogP contribution is 2.65. The van der Waals surface area contributed by atoms with E-state index in [-0.39, 0.29) is 11.2 Å². The van der Waals surface area contributed by atoms with Gasteiger partial charge in [0.25, 0.3) is 0 Å². The van der Waals surface area contributed by atoms with Gasteiger partial charge < -0.3 is 5.11 Å². The first-order chi connectivity index (χ1) is 7.46. The highest BCUT2D eigenvalue weighted by molar-refractivity contribution is 5.85. The number of Topliss-reactive ketones (excluding diaryl/α,β-unsaturated/α-hetero) is 1. The molecule has 4 bridgehead atoms. The van der Waals surface area contributed by atoms with Gasteiger partial charge in [-0.15, -0.1) is 0 Å². The molecule has 0 aromatic heterocycles. The molecule has 4 aliphatic carbocycles. The summed E-state index contributed by atoms with van der Waals surface area (Å²) in [5.74, 6) is 0.543. The average molecular weight is 222 g/mol. The second-order valence-corrected chi connectivity index (χ2v) is 6.38. The van der Waals surface area contributed by atoms with Crippen LogP contribution in [0.1, 0.15) is 45.4 Å². The van der Waals surface area contributed by atoms with Crippen molar-refractivity contribution in [3.63, 3.8) is 0 Å². The van der Waals surface area contributed by atoms with Crippen LogP contribution in [0, 0.1) is 22.7 Å². The summed E-state index contributed by atoms with van der Waals surface area (Å²) in [6, 6.07) is 0. The molecule has 0 aromatic rings. The Hall–Kier alpha value is -0.860. The Kier molecular flexibility index (Phi) is 1.85. The van der Waals surface area contributed by atoms with Gasteiger partial charge in [-0.1, -0.05) is 0 Å². The third kappa shape index (κ3) is 1.14. The van der Waals surface area contributed by atoms with Gasteiger partial charge in [0.1, 0.15) is 5.78 Å². The minimum absolute atomic E-state index is 0.229. The molecule has 0 saturated heterocycles. The van der Waals surface area contributed by atoms with Crippen LogP contribution in [0.4, 0.5) is 0 Å². The van der Waals surface area contributed by atoms with Crippen molar-refractivity contribution in [2.75, 3.05) is 0 Å². The predicted octanol–water partition coefficient (Wildman–Crippen LogP) is 2.25. The van der Waals surface area contributed by atoms with Crippen LogP contribution >= 0.6 is 0 Å². The maximum absolute atomic E-state index is 11.9. The summed E-state index contributed by atoms with van der Waals surface area (Å²) in [6.07, 6.45) is 5.30. The number of ketones is 1. The van der Waals surface area contributed by atoms with E-state index in [0.29, 0.717) is 18.3 Å². The minimum Gasteiger partial charge on any atom is -0.481 e. The fourth-order valence-electron chi connectivity index (χ4n) is 4.92. The summed E-state index contributed by atoms with van der Waals surface area (Å²) in [5.41, 5.74) is -0.835. The molecule has 3 heteroatoms. The van der Waals surface area contributed by atoms with Gasteiger partial charge in [-0.05, 0) is 57.3 Å². The molecule has 4 rings (SSSR count). The second kappa shape index (κ2) is 2.88. The molecule has 16 heavy (non-hydrogen) atoms. The normalized spacial score (nSPS) is 49.3. The van der Waals surface area contributed by atoms with Gasteiger partial charge in [-0.2, -0.15) is 0 Å². The first kappa shape index (κ1) is 10.3. The summed E-state index contributed by atoms with van der Waals surface area (Å²) in [4.78, 5) is 23.4. The third-order valence-electron chi connectivity index (χ3n) is 5.26. The summed E-state index contributed by atoms with van der Waals surface area (Å²) in [6.45, 7) is 1.66. The zero-order valence-electron chi connectivity index (χ0n) is 9.66. The first-order valence-electron chi connectivity index (χ1n) is 6.20. The van der Waals surface area contributed by atoms with Crippen LogP contribution in [0.25, 0.3) is 0 Å². The lowest BCUT2D eigenvalue weighted by Gasteiger charge is -2.59. The zero-order valence-corrected chi connectivity index (χ0v) is 9.66. The SMILES string of the molecule is CC(=O)C12C[C@H]3C[C@@H](C1)CC(C(=O)O)(C3)C2. The molecular formula is C13H18O3. The largest absolute Gasteiger partial charge is 0.481 e. The van der Waals surface area contributed by atoms with E-state index in [1.807, 2.05) is 0 Å². The van der Waals surface area contributed by atoms with Crippen LogP contribution in [-0.4, -0.2) is 16.9 Å². The van der Waals surface area contributed by atoms with Crippen LogP contribution in [-0.2, 0) is 9.59 Å². The number of aliphatic carboxylic acids is 1. The van der Waals surface area contributed by atoms with Crippen molar-refractivity contribution in [3.05, 3.63) is 0 Å². The molecule has 4 aliphatic rings. The topological polar surface area (TPSA) is 54.4 Å². The number of carbonyl (C=O) groups is 2. The molecule has 2 unspecified atom stereocenters. The molecule has 0 aliphatic heterocycles. The molecule has 88 valence electrons. The molecule has 1 N–H and O–H groups in total. The van der Waals surface area contributed by atoms with Crippen molar-refractivity contribution < 1.29 is 14.7 Å². The molecule has 0 amide bonds. The van der Waals surface area contributed by atoms with Gasteiger partial charge in [0.2, 0.25) is 0 Å². The van der Waals surface area contributed by atoms with Crippen molar-refractivity contribution in [2.45, 2.75) is 45.4 Å². The Morgan fingerprint density at radius 1 is 1.06 bits per heavy atom. The van der Waals surface area contributed by atoms with Gasteiger partial charge >= 0.3 is 5.97 Å². The maximum atomic E-state index is 11.9. The lowest BCUT2D eigenvalue weighted by molar-refractivity contribution is -0.177. The average Bonchev–Trinajstić information content (AvgIpc) is 2.14. The van der Waals surface area contributed by atoms with Crippen molar-refractivity contribution >= 4 is 11.8 Å². The Bertz CT molecular complexity index is 325. The Morgan fingerprint density at radius 2 is 1.56 bits per heavy atom. The number of carbonyl (C=O) groups excluding carboxylic acids is 1. The molecule has 4 saturated carbocycles. The Morgan fingerprint density at radius 3 is 2.00 bits per heavy atom. The molecule has 4 atom stereocenters. The molecule has 3 nitrogen and oxygen atoms in total. The quantitative estimate of drug-likeness (QED) is 0.779. The number of hydrogen-bond donors (Lipinski definition) is 1. The first-order valence-corrected chi connectivity index (χ1v) is 6.20. The number of hydrogen-bond acceptors (Lipinski definition) is 2. The standard InChI is InChI=1S/C13H18O3/c1-8(14)12-3-9-2-10(4-12)6-13(5-9,7-12)11(15)16/h9-10H,2-7H2,1H3,(H,15,16)/t9-,10+,12?,13?. The van der Waals surface area contributed by atoms with E-state index in [4.69, 9.17) is 0 Å². The molecular weight excluding hydrogens is 204 g/mol. The van der Waals surface area contributed by atoms with Crippen molar-refractivity contribution in [3.8, 4) is 0 Å². The Labute approximate surface area is 95.2 Å². The summed E-state index contributed by atoms with van der Waals surface area (Å²) >= 11 is 0. The minimum atomic E-state index is -0.660. The molecule has 0 radical (unpaired) electrons. The van der Waals surface area contributed by atoms with E-state index in [9.17, 15) is 14.7 Å². The highest BCUT2D eigenvalue weighted by Gasteiger charge is 2.62. The second-order valence-electron chi connectivity index (χ2n) is 6.38. The molecule has 0 spiro atoms. The molecule has 0 aromatic carbocycles. The van der Waals surface area contributed by atoms with E-state index in [1.54, 1.807) is 6.92 Å². The van der Waals surface area contributed by atoms with Gasteiger partial charge in [0, 0.05) is 5.41 Å². The van der Waals surface area contributed by atoms with Gasteiger partial charge in [0.05, 0.1) is 5.41 Å². The van der Waals surface area contributed by atoms with Crippen LogP contribution < -0.4 is 0 Å². The maximum Gasteiger partial charge on any atom is 0.309 e. The van der Waals surface area contributed by atoms with Gasteiger partial charge in [-0.3, -0.25) is 9.59 Å². The number of rotatable bonds is 2. The molecule has 0 heterocycles. The van der Waals surface area contributed by atoms with E-state index < -0.39 is 11.4 Å². The highest BCUT2D eigenvalue weighted by atomic mass is 16.4. The molecule has 4 fully saturated rings. The number of carboxylic acids is 1. The summed E-state index contributed by atoms with van der Waals surface area (Å²) in [5, 5.41) is 9.46. The van der Waals surface area contributed by atoms with Gasteiger partial charge in [0.15, 0.2) is 0 Å². The Balaban J connectivity index is 2.03. The van der Waals surface area contributed by atoms with E-state index in [0.717, 1.165) is 32.1 Å². The third-order valence-corrected chi connectivity index (χ3v) is 5.26. The van der Waals surface area contributed by atoms with Crippen molar-refractivity contribution in [1.82, 2.24) is 0 Å². The predicted molar refractivity (Wildman–Crippen MR) is 57.9 cm³/mol. The van der Waals surface area contributed by atoms with E-state index in [1.165, 1.54) is 0 Å². The summed E-state index contributed by atoms with van der Waals surface area (Å²) in [7, 11) is 0. The number of carboxylic acid groups (broad SMARTS) is 1. The lowest BCUT2D eigenvalue weighted by Crippen LogP contribution is -2.57. The van der Waals surface area contributed by atoms with E-state index >= 15 is 0 Å². The van der Waals surface area contributed by atoms with Crippen molar-refractivity contribution in [1.29, 1.82) is 0 Å². The van der Waals surface area contributed by atoms with Crippen LogP contribution in [0.5, 0.6) is 0 Å². The monoisotopic (exact) mass is 222 g/mol. The van der Waals surface area contributed by atoms with Crippen LogP contribution in [0.2, 0.25) is 0 Å². The van der Waals surface area contributed by atoms with E-state index in [2.05, 4.69) is 0 Å². The zero-order chi connectivity index (χ0) is 11.6. The van der Waals surface area contributed by atoms with Gasteiger partial charge in [-0.25, -0.2) is 0 Å². The fourth-order valence-corrected chi connectivity index (χ4v) is 4.92. The fraction of sp³-hybridized carbons (Fsp3) is 0.846. The van der Waals surface area contributed by atoms with Crippen LogP contribution in [0.3, 0.4) is 0 Å².